The van der Waals surface area contributed by atoms with Crippen LogP contribution in [0.4, 0.5) is 15.4 Å². The van der Waals surface area contributed by atoms with Crippen molar-refractivity contribution in [2.45, 2.75) is 72.3 Å². The number of para-hydroxylation sites is 1. The molecular weight excluding hydrogens is 561 g/mol. The van der Waals surface area contributed by atoms with Gasteiger partial charge in [-0.05, 0) is 60.6 Å². The van der Waals surface area contributed by atoms with Gasteiger partial charge in [-0.15, -0.1) is 0 Å². The fourth-order valence-electron chi connectivity index (χ4n) is 3.16. The lowest BCUT2D eigenvalue weighted by molar-refractivity contribution is -0.142. The Morgan fingerprint density at radius 2 is 1.61 bits per heavy atom. The van der Waals surface area contributed by atoms with Gasteiger partial charge in [-0.2, -0.15) is 4.90 Å². The second kappa shape index (κ2) is 12.9. The normalized spacial score (nSPS) is 14.2. The summed E-state index contributed by atoms with van der Waals surface area (Å²) in [4.78, 5) is 54.0. The fraction of sp³-hybridized carbons (Fsp3) is 0.480. The maximum atomic E-state index is 13.1. The van der Waals surface area contributed by atoms with Crippen molar-refractivity contribution >= 4 is 37.0 Å². The van der Waals surface area contributed by atoms with Crippen molar-refractivity contribution in [3.63, 3.8) is 0 Å². The number of ether oxygens (including phenoxy) is 3. The first kappa shape index (κ1) is 31.9. The van der Waals surface area contributed by atoms with Crippen LogP contribution in [0.25, 0.3) is 11.2 Å². The summed E-state index contributed by atoms with van der Waals surface area (Å²) < 4.78 is 39.2. The van der Waals surface area contributed by atoms with Crippen molar-refractivity contribution in [1.82, 2.24) is 19.5 Å². The number of anilines is 1. The third-order valence-electron chi connectivity index (χ3n) is 4.74. The maximum Gasteiger partial charge on any atom is 0.510 e. The van der Waals surface area contributed by atoms with Crippen LogP contribution in [-0.4, -0.2) is 60.7 Å². The Morgan fingerprint density at radius 3 is 2.20 bits per heavy atom. The minimum absolute atomic E-state index is 0.124. The van der Waals surface area contributed by atoms with Gasteiger partial charge in [0.2, 0.25) is 0 Å². The van der Waals surface area contributed by atoms with Crippen LogP contribution in [0.3, 0.4) is 0 Å². The van der Waals surface area contributed by atoms with Crippen LogP contribution in [0.15, 0.2) is 43.0 Å². The Kier molecular flexibility index (Phi) is 10.0. The molecule has 1 unspecified atom stereocenters. The number of nitrogens with zero attached hydrogens (tertiary/aromatic N) is 5. The molecular formula is C25H34N5O10P. The smallest absolute Gasteiger partial charge is 0.443 e. The van der Waals surface area contributed by atoms with Gasteiger partial charge in [-0.1, -0.05) is 22.9 Å². The summed E-state index contributed by atoms with van der Waals surface area (Å²) in [6.07, 6.45) is 0.00983. The Morgan fingerprint density at radius 1 is 1.00 bits per heavy atom. The van der Waals surface area contributed by atoms with Crippen molar-refractivity contribution in [3.05, 3.63) is 43.0 Å². The fourth-order valence-corrected chi connectivity index (χ4v) is 3.58. The van der Waals surface area contributed by atoms with Crippen molar-refractivity contribution in [3.8, 4) is 5.75 Å². The lowest BCUT2D eigenvalue weighted by Crippen LogP contribution is -2.44. The Bertz CT molecular complexity index is 1360. The van der Waals surface area contributed by atoms with Crippen molar-refractivity contribution in [2.75, 3.05) is 11.7 Å². The Labute approximate surface area is 236 Å². The van der Waals surface area contributed by atoms with Gasteiger partial charge in [0.25, 0.3) is 0 Å². The molecule has 224 valence electrons. The van der Waals surface area contributed by atoms with Gasteiger partial charge >= 0.3 is 20.0 Å². The van der Waals surface area contributed by atoms with Gasteiger partial charge in [0.1, 0.15) is 17.5 Å². The molecule has 15 nitrogen and oxygen atoms in total. The van der Waals surface area contributed by atoms with E-state index in [9.17, 15) is 19.0 Å². The van der Waals surface area contributed by atoms with Gasteiger partial charge in [0.05, 0.1) is 19.0 Å². The lowest BCUT2D eigenvalue weighted by Gasteiger charge is -2.28. The second-order valence-electron chi connectivity index (χ2n) is 10.7. The highest BCUT2D eigenvalue weighted by Gasteiger charge is 2.35. The number of carbonyl (C=O) groups is 2. The van der Waals surface area contributed by atoms with Crippen LogP contribution in [-0.2, 0) is 34.5 Å². The highest BCUT2D eigenvalue weighted by atomic mass is 31.2. The average molecular weight is 596 g/mol. The molecule has 1 aromatic carbocycles. The Balaban J connectivity index is 1.71. The van der Waals surface area contributed by atoms with Gasteiger partial charge in [-0.3, -0.25) is 4.52 Å². The van der Waals surface area contributed by atoms with E-state index in [1.54, 1.807) is 71.2 Å². The minimum Gasteiger partial charge on any atom is -0.443 e. The third kappa shape index (κ3) is 9.76. The number of hydrogen-bond donors (Lipinski definition) is 1. The molecule has 41 heavy (non-hydrogen) atoms. The number of carbonyl (C=O) groups excluding carboxylic acids is 2. The first-order valence-electron chi connectivity index (χ1n) is 12.5. The van der Waals surface area contributed by atoms with E-state index in [4.69, 9.17) is 23.6 Å². The zero-order valence-electron chi connectivity index (χ0n) is 23.8. The number of benzene rings is 1. The van der Waals surface area contributed by atoms with Crippen molar-refractivity contribution in [1.29, 1.82) is 0 Å². The number of hydrogen-bond acceptors (Lipinski definition) is 12. The number of rotatable bonds is 10. The molecule has 16 heteroatoms. The molecule has 2 aromatic heterocycles. The zero-order chi connectivity index (χ0) is 30.4. The van der Waals surface area contributed by atoms with Gasteiger partial charge in [0.15, 0.2) is 29.5 Å². The first-order chi connectivity index (χ1) is 19.0. The summed E-state index contributed by atoms with van der Waals surface area (Å²) in [6, 6.07) is 8.12. The van der Waals surface area contributed by atoms with E-state index in [1.165, 1.54) is 18.5 Å². The number of imide groups is 1. The highest BCUT2D eigenvalue weighted by Crippen LogP contribution is 2.43. The van der Waals surface area contributed by atoms with Crippen molar-refractivity contribution in [2.24, 2.45) is 0 Å². The van der Waals surface area contributed by atoms with Crippen LogP contribution in [0.1, 0.15) is 48.5 Å². The maximum absolute atomic E-state index is 13.1. The minimum atomic E-state index is -4.57. The van der Waals surface area contributed by atoms with Crippen LogP contribution in [0, 0.1) is 0 Å². The topological polar surface area (TPSA) is 174 Å². The molecule has 0 spiro atoms. The Hall–Kier alpha value is -3.62. The molecule has 0 aliphatic heterocycles. The molecule has 3 aromatic rings. The molecule has 0 saturated carbocycles. The first-order valence-corrected chi connectivity index (χ1v) is 14.0. The number of imidazole rings is 1. The lowest BCUT2D eigenvalue weighted by atomic mass is 10.2. The van der Waals surface area contributed by atoms with E-state index >= 15 is 0 Å². The predicted molar refractivity (Wildman–Crippen MR) is 145 cm³/mol. The summed E-state index contributed by atoms with van der Waals surface area (Å²) in [7, 11) is -4.57. The molecule has 0 radical (unpaired) electrons. The van der Waals surface area contributed by atoms with Crippen LogP contribution < -0.4 is 9.79 Å². The van der Waals surface area contributed by atoms with E-state index in [2.05, 4.69) is 19.6 Å². The molecule has 0 saturated heterocycles. The van der Waals surface area contributed by atoms with Crippen LogP contribution in [0.5, 0.6) is 5.75 Å². The molecule has 0 bridgehead atoms. The SMILES string of the molecule is C[C@H](Cn1cnc2c(N(C(=O)OC(C)(C)C)C(=O)OC(C)(C)C)ncnc21)OCOP(=O)(O)OOc1ccccc1. The van der Waals surface area contributed by atoms with E-state index in [0.717, 1.165) is 6.33 Å². The number of phosphoric acid groups is 1. The molecule has 0 fully saturated rings. The standard InChI is InChI=1S/C25H34N5O10P/c1-17(35-16-36-41(33,34)40-39-18-11-9-8-10-12-18)13-29-15-28-19-20(29)26-14-27-21(19)30(22(31)37-24(2,3)4)23(32)38-25(5,6)7/h8-12,14-15,17H,13,16H2,1-7H3,(H,33,34)/t17-/m1/s1. The molecule has 0 aliphatic rings. The molecule has 1 N–H and O–H groups in total. The number of fused-ring (bicyclic) bond motifs is 1. The predicted octanol–water partition coefficient (Wildman–Crippen LogP) is 4.99. The quantitative estimate of drug-likeness (QED) is 0.144. The number of amides is 2. The molecule has 0 aliphatic carbocycles. The van der Waals surface area contributed by atoms with E-state index in [-0.39, 0.29) is 29.3 Å². The summed E-state index contributed by atoms with van der Waals surface area (Å²) in [5.41, 5.74) is -1.42. The van der Waals surface area contributed by atoms with Crippen LogP contribution >= 0.6 is 7.82 Å². The van der Waals surface area contributed by atoms with E-state index < -0.39 is 44.1 Å². The largest absolute Gasteiger partial charge is 0.510 e. The summed E-state index contributed by atoms with van der Waals surface area (Å²) in [5.74, 6) is 0.0795. The molecule has 2 amide bonds. The third-order valence-corrected chi connectivity index (χ3v) is 5.43. The van der Waals surface area contributed by atoms with Gasteiger partial charge in [0, 0.05) is 0 Å². The van der Waals surface area contributed by atoms with Crippen LogP contribution in [0.2, 0.25) is 0 Å². The monoisotopic (exact) mass is 595 g/mol. The van der Waals surface area contributed by atoms with Crippen molar-refractivity contribution < 1.29 is 47.3 Å². The average Bonchev–Trinajstić information content (AvgIpc) is 3.25. The summed E-state index contributed by atoms with van der Waals surface area (Å²) in [5, 5.41) is 0. The zero-order valence-corrected chi connectivity index (χ0v) is 24.7. The summed E-state index contributed by atoms with van der Waals surface area (Å²) in [6.45, 7) is 11.2. The summed E-state index contributed by atoms with van der Waals surface area (Å²) >= 11 is 0. The molecule has 2 heterocycles. The number of aromatic nitrogens is 4. The molecule has 3 rings (SSSR count). The second-order valence-corrected chi connectivity index (χ2v) is 12.1. The van der Waals surface area contributed by atoms with Gasteiger partial charge in [-0.25, -0.2) is 29.1 Å². The van der Waals surface area contributed by atoms with E-state index in [1.807, 2.05) is 0 Å². The number of phosphoric ester groups is 1. The highest BCUT2D eigenvalue weighted by molar-refractivity contribution is 7.47. The molecule has 2 atom stereocenters. The van der Waals surface area contributed by atoms with Gasteiger partial charge < -0.3 is 28.6 Å². The van der Waals surface area contributed by atoms with E-state index in [0.29, 0.717) is 4.90 Å².